The number of nitrogens with zero attached hydrogens (tertiary/aromatic N) is 1. The molecule has 0 bridgehead atoms. The number of carbonyl (C=O) groups is 1. The van der Waals surface area contributed by atoms with Gasteiger partial charge in [0.2, 0.25) is 0 Å². The Morgan fingerprint density at radius 2 is 2.31 bits per heavy atom. The largest absolute Gasteiger partial charge is 0.468 e. The summed E-state index contributed by atoms with van der Waals surface area (Å²) in [6.07, 6.45) is 0. The van der Waals surface area contributed by atoms with Gasteiger partial charge in [-0.1, -0.05) is 13.8 Å². The predicted molar refractivity (Wildman–Crippen MR) is 64.4 cm³/mol. The maximum absolute atomic E-state index is 11.7. The molecule has 0 aliphatic carbocycles. The van der Waals surface area contributed by atoms with E-state index in [0.29, 0.717) is 5.92 Å². The van der Waals surface area contributed by atoms with Crippen molar-refractivity contribution in [3.05, 3.63) is 16.1 Å². The van der Waals surface area contributed by atoms with Gasteiger partial charge < -0.3 is 4.74 Å². The minimum atomic E-state index is -0.389. The van der Waals surface area contributed by atoms with Gasteiger partial charge in [-0.25, -0.2) is 9.78 Å². The number of esters is 1. The van der Waals surface area contributed by atoms with Gasteiger partial charge in [0.1, 0.15) is 6.04 Å². The van der Waals surface area contributed by atoms with Crippen molar-refractivity contribution in [1.29, 1.82) is 0 Å². The van der Waals surface area contributed by atoms with E-state index in [4.69, 9.17) is 4.74 Å². The van der Waals surface area contributed by atoms with Gasteiger partial charge in [0, 0.05) is 0 Å². The molecule has 90 valence electrons. The Morgan fingerprint density at radius 1 is 1.62 bits per heavy atom. The van der Waals surface area contributed by atoms with Crippen LogP contribution in [0.3, 0.4) is 0 Å². The molecular weight excluding hydrogens is 224 g/mol. The maximum Gasteiger partial charge on any atom is 0.328 e. The fraction of sp³-hybridized carbons (Fsp3) is 0.636. The Labute approximate surface area is 100 Å². The van der Waals surface area contributed by atoms with Crippen molar-refractivity contribution in [3.63, 3.8) is 0 Å². The summed E-state index contributed by atoms with van der Waals surface area (Å²) in [5, 5.41) is 3.21. The molecule has 0 aromatic carbocycles. The van der Waals surface area contributed by atoms with Gasteiger partial charge >= 0.3 is 5.97 Å². The van der Waals surface area contributed by atoms with Crippen LogP contribution in [-0.2, 0) is 9.53 Å². The zero-order chi connectivity index (χ0) is 12.1. The average molecular weight is 242 g/mol. The highest BCUT2D eigenvalue weighted by molar-refractivity contribution is 7.10. The number of aromatic nitrogens is 1. The first-order chi connectivity index (χ1) is 7.56. The first-order valence-electron chi connectivity index (χ1n) is 5.27. The maximum atomic E-state index is 11.7. The van der Waals surface area contributed by atoms with E-state index >= 15 is 0 Å². The second-order valence-corrected chi connectivity index (χ2v) is 4.95. The van der Waals surface area contributed by atoms with E-state index in [-0.39, 0.29) is 12.0 Å². The minimum Gasteiger partial charge on any atom is -0.468 e. The third-order valence-corrected chi connectivity index (χ3v) is 3.21. The summed E-state index contributed by atoms with van der Waals surface area (Å²) in [5.74, 6) is 0.230. The SMILES string of the molecule is COC(=O)C(NCC(C)C)c1scnc1C. The third kappa shape index (κ3) is 3.28. The number of hydrogen-bond acceptors (Lipinski definition) is 5. The Balaban J connectivity index is 2.80. The Bertz CT molecular complexity index is 350. The van der Waals surface area contributed by atoms with Gasteiger partial charge in [0.25, 0.3) is 0 Å². The van der Waals surface area contributed by atoms with E-state index in [1.54, 1.807) is 5.51 Å². The Morgan fingerprint density at radius 3 is 2.75 bits per heavy atom. The number of carbonyl (C=O) groups excluding carboxylic acids is 1. The summed E-state index contributed by atoms with van der Waals surface area (Å²) < 4.78 is 4.80. The van der Waals surface area contributed by atoms with Crippen LogP contribution < -0.4 is 5.32 Å². The summed E-state index contributed by atoms with van der Waals surface area (Å²) >= 11 is 1.48. The van der Waals surface area contributed by atoms with E-state index in [2.05, 4.69) is 24.1 Å². The highest BCUT2D eigenvalue weighted by atomic mass is 32.1. The number of hydrogen-bond donors (Lipinski definition) is 1. The molecule has 0 aliphatic heterocycles. The quantitative estimate of drug-likeness (QED) is 0.801. The van der Waals surface area contributed by atoms with Gasteiger partial charge in [-0.3, -0.25) is 5.32 Å². The molecule has 1 aromatic rings. The Hall–Kier alpha value is -0.940. The molecule has 4 nitrogen and oxygen atoms in total. The summed E-state index contributed by atoms with van der Waals surface area (Å²) in [6, 6.07) is -0.389. The highest BCUT2D eigenvalue weighted by Crippen LogP contribution is 2.22. The monoisotopic (exact) mass is 242 g/mol. The van der Waals surface area contributed by atoms with E-state index in [0.717, 1.165) is 17.1 Å². The number of thiazole rings is 1. The van der Waals surface area contributed by atoms with Crippen molar-refractivity contribution in [2.75, 3.05) is 13.7 Å². The van der Waals surface area contributed by atoms with Crippen molar-refractivity contribution in [2.24, 2.45) is 5.92 Å². The fourth-order valence-corrected chi connectivity index (χ4v) is 2.21. The molecule has 0 spiro atoms. The van der Waals surface area contributed by atoms with E-state index in [1.165, 1.54) is 18.4 Å². The lowest BCUT2D eigenvalue weighted by molar-refractivity contribution is -0.143. The molecule has 16 heavy (non-hydrogen) atoms. The molecule has 0 radical (unpaired) electrons. The molecule has 1 atom stereocenters. The first-order valence-corrected chi connectivity index (χ1v) is 6.15. The lowest BCUT2D eigenvalue weighted by atomic mass is 10.1. The predicted octanol–water partition coefficient (Wildman–Crippen LogP) is 1.91. The topological polar surface area (TPSA) is 51.2 Å². The van der Waals surface area contributed by atoms with Crippen LogP contribution in [0, 0.1) is 12.8 Å². The average Bonchev–Trinajstić information content (AvgIpc) is 2.64. The lowest BCUT2D eigenvalue weighted by Gasteiger charge is -2.16. The van der Waals surface area contributed by atoms with Crippen molar-refractivity contribution >= 4 is 17.3 Å². The molecule has 1 aromatic heterocycles. The standard InChI is InChI=1S/C11H18N2O2S/c1-7(2)5-12-9(11(14)15-4)10-8(3)13-6-16-10/h6-7,9,12H,5H2,1-4H3. The first kappa shape index (κ1) is 13.1. The molecule has 0 amide bonds. The van der Waals surface area contributed by atoms with Crippen LogP contribution >= 0.6 is 11.3 Å². The van der Waals surface area contributed by atoms with Gasteiger partial charge in [-0.05, 0) is 19.4 Å². The van der Waals surface area contributed by atoms with Crippen molar-refractivity contribution in [1.82, 2.24) is 10.3 Å². The molecule has 0 saturated carbocycles. The van der Waals surface area contributed by atoms with Crippen molar-refractivity contribution < 1.29 is 9.53 Å². The third-order valence-electron chi connectivity index (χ3n) is 2.21. The van der Waals surface area contributed by atoms with E-state index < -0.39 is 0 Å². The highest BCUT2D eigenvalue weighted by Gasteiger charge is 2.24. The molecule has 5 heteroatoms. The van der Waals surface area contributed by atoms with Gasteiger partial charge in [0.15, 0.2) is 0 Å². The molecule has 0 aliphatic rings. The molecular formula is C11H18N2O2S. The second kappa shape index (κ2) is 5.96. The van der Waals surface area contributed by atoms with Crippen LogP contribution in [0.15, 0.2) is 5.51 Å². The summed E-state index contributed by atoms with van der Waals surface area (Å²) in [4.78, 5) is 16.8. The van der Waals surface area contributed by atoms with Gasteiger partial charge in [-0.2, -0.15) is 0 Å². The minimum absolute atomic E-state index is 0.256. The number of aryl methyl sites for hydroxylation is 1. The van der Waals surface area contributed by atoms with Gasteiger partial charge in [-0.15, -0.1) is 11.3 Å². The van der Waals surface area contributed by atoms with E-state index in [9.17, 15) is 4.79 Å². The summed E-state index contributed by atoms with van der Waals surface area (Å²) in [7, 11) is 1.41. The smallest absolute Gasteiger partial charge is 0.328 e. The lowest BCUT2D eigenvalue weighted by Crippen LogP contribution is -2.32. The zero-order valence-electron chi connectivity index (χ0n) is 10.1. The molecule has 1 rings (SSSR count). The molecule has 0 saturated heterocycles. The van der Waals surface area contributed by atoms with Crippen molar-refractivity contribution in [2.45, 2.75) is 26.8 Å². The second-order valence-electron chi connectivity index (χ2n) is 4.06. The van der Waals surface area contributed by atoms with Crippen LogP contribution in [0.1, 0.15) is 30.5 Å². The van der Waals surface area contributed by atoms with Crippen LogP contribution in [-0.4, -0.2) is 24.6 Å². The van der Waals surface area contributed by atoms with Gasteiger partial charge in [0.05, 0.1) is 23.2 Å². The number of rotatable bonds is 5. The van der Waals surface area contributed by atoms with Crippen LogP contribution in [0.2, 0.25) is 0 Å². The normalized spacial score (nSPS) is 12.8. The van der Waals surface area contributed by atoms with Crippen LogP contribution in [0.5, 0.6) is 0 Å². The zero-order valence-corrected chi connectivity index (χ0v) is 10.9. The molecule has 0 fully saturated rings. The molecule has 1 unspecified atom stereocenters. The van der Waals surface area contributed by atoms with E-state index in [1.807, 2.05) is 6.92 Å². The molecule has 1 N–H and O–H groups in total. The number of methoxy groups -OCH3 is 1. The fourth-order valence-electron chi connectivity index (χ4n) is 1.34. The number of ether oxygens (including phenoxy) is 1. The molecule has 1 heterocycles. The summed E-state index contributed by atoms with van der Waals surface area (Å²) in [5.41, 5.74) is 2.63. The number of nitrogens with one attached hydrogen (secondary N) is 1. The Kier molecular flexibility index (Phi) is 4.89. The van der Waals surface area contributed by atoms with Crippen LogP contribution in [0.4, 0.5) is 0 Å². The van der Waals surface area contributed by atoms with Crippen molar-refractivity contribution in [3.8, 4) is 0 Å². The summed E-state index contributed by atoms with van der Waals surface area (Å²) in [6.45, 7) is 6.87. The van der Waals surface area contributed by atoms with Crippen LogP contribution in [0.25, 0.3) is 0 Å².